The molecule has 0 aliphatic carbocycles. The number of hydrogen-bond acceptors (Lipinski definition) is 3. The van der Waals surface area contributed by atoms with Crippen molar-refractivity contribution >= 4 is 11.9 Å². The molecule has 0 spiro atoms. The van der Waals surface area contributed by atoms with Crippen molar-refractivity contribution in [3.8, 4) is 0 Å². The molecule has 0 fully saturated rings. The largest absolute Gasteiger partial charge is 0.480 e. The van der Waals surface area contributed by atoms with Gasteiger partial charge in [0, 0.05) is 13.6 Å². The van der Waals surface area contributed by atoms with E-state index in [4.69, 9.17) is 10.8 Å². The van der Waals surface area contributed by atoms with E-state index < -0.39 is 17.9 Å². The molecular formula is C14H20N2O3. The van der Waals surface area contributed by atoms with E-state index in [0.717, 1.165) is 16.7 Å². The van der Waals surface area contributed by atoms with Crippen molar-refractivity contribution in [3.05, 3.63) is 34.9 Å². The predicted octanol–water partition coefficient (Wildman–Crippen LogP) is 0.716. The van der Waals surface area contributed by atoms with Gasteiger partial charge in [0.05, 0.1) is 0 Å². The molecule has 1 aromatic rings. The maximum absolute atomic E-state index is 11.7. The van der Waals surface area contributed by atoms with Crippen LogP contribution in [0.25, 0.3) is 0 Å². The zero-order valence-corrected chi connectivity index (χ0v) is 11.5. The topological polar surface area (TPSA) is 83.6 Å². The third-order valence-electron chi connectivity index (χ3n) is 3.13. The molecule has 0 aliphatic rings. The number of rotatable bonds is 5. The van der Waals surface area contributed by atoms with Crippen molar-refractivity contribution in [3.63, 3.8) is 0 Å². The molecule has 0 heterocycles. The number of hydrogen-bond donors (Lipinski definition) is 2. The van der Waals surface area contributed by atoms with Crippen LogP contribution in [0, 0.1) is 13.8 Å². The lowest BCUT2D eigenvalue weighted by Gasteiger charge is -2.19. The van der Waals surface area contributed by atoms with Crippen molar-refractivity contribution in [1.82, 2.24) is 4.90 Å². The van der Waals surface area contributed by atoms with Crippen LogP contribution in [0.1, 0.15) is 16.7 Å². The van der Waals surface area contributed by atoms with Crippen molar-refractivity contribution in [1.29, 1.82) is 0 Å². The maximum atomic E-state index is 11.7. The first kappa shape index (κ1) is 15.2. The van der Waals surface area contributed by atoms with Crippen molar-refractivity contribution in [2.75, 3.05) is 13.6 Å². The Kier molecular flexibility index (Phi) is 5.06. The quantitative estimate of drug-likeness (QED) is 0.767. The van der Waals surface area contributed by atoms with E-state index in [-0.39, 0.29) is 0 Å². The molecule has 1 rings (SSSR count). The zero-order chi connectivity index (χ0) is 14.6. The molecule has 0 radical (unpaired) electrons. The fourth-order valence-electron chi connectivity index (χ4n) is 1.81. The summed E-state index contributed by atoms with van der Waals surface area (Å²) in [6.45, 7) is 4.47. The Morgan fingerprint density at radius 1 is 1.37 bits per heavy atom. The summed E-state index contributed by atoms with van der Waals surface area (Å²) in [7, 11) is 1.57. The van der Waals surface area contributed by atoms with Gasteiger partial charge in [0.1, 0.15) is 0 Å². The summed E-state index contributed by atoms with van der Waals surface area (Å²) in [6.07, 6.45) is 0.683. The second-order valence-electron chi connectivity index (χ2n) is 4.76. The first-order chi connectivity index (χ1) is 8.82. The van der Waals surface area contributed by atoms with E-state index in [2.05, 4.69) is 6.07 Å². The van der Waals surface area contributed by atoms with Crippen LogP contribution in [0.5, 0.6) is 0 Å². The van der Waals surface area contributed by atoms with Gasteiger partial charge in [-0.1, -0.05) is 23.8 Å². The smallest absolute Gasteiger partial charge is 0.330 e. The summed E-state index contributed by atoms with van der Waals surface area (Å²) < 4.78 is 0. The van der Waals surface area contributed by atoms with Crippen LogP contribution in [-0.2, 0) is 16.0 Å². The molecule has 0 saturated carbocycles. The third-order valence-corrected chi connectivity index (χ3v) is 3.13. The number of aryl methyl sites for hydroxylation is 2. The third kappa shape index (κ3) is 4.06. The summed E-state index contributed by atoms with van der Waals surface area (Å²) >= 11 is 0. The molecule has 1 unspecified atom stereocenters. The molecule has 0 saturated heterocycles. The molecule has 1 amide bonds. The fraction of sp³-hybridized carbons (Fsp3) is 0.429. The molecule has 5 nitrogen and oxygen atoms in total. The van der Waals surface area contributed by atoms with Gasteiger partial charge in [-0.2, -0.15) is 0 Å². The summed E-state index contributed by atoms with van der Waals surface area (Å²) in [5, 5.41) is 8.69. The summed E-state index contributed by atoms with van der Waals surface area (Å²) in [5.74, 6) is -1.87. The lowest BCUT2D eigenvalue weighted by atomic mass is 10.0. The van der Waals surface area contributed by atoms with Crippen LogP contribution >= 0.6 is 0 Å². The number of amides is 1. The van der Waals surface area contributed by atoms with Gasteiger partial charge in [-0.15, -0.1) is 0 Å². The van der Waals surface area contributed by atoms with Gasteiger partial charge in [-0.25, -0.2) is 4.79 Å². The van der Waals surface area contributed by atoms with Crippen LogP contribution in [0.3, 0.4) is 0 Å². The van der Waals surface area contributed by atoms with Crippen LogP contribution in [0.15, 0.2) is 18.2 Å². The number of benzene rings is 1. The Morgan fingerprint density at radius 3 is 2.58 bits per heavy atom. The molecule has 104 valence electrons. The molecule has 0 aromatic heterocycles. The highest BCUT2D eigenvalue weighted by molar-refractivity contribution is 6.00. The molecule has 1 atom stereocenters. The average molecular weight is 264 g/mol. The van der Waals surface area contributed by atoms with E-state index in [9.17, 15) is 9.59 Å². The van der Waals surface area contributed by atoms with E-state index in [1.165, 1.54) is 4.90 Å². The maximum Gasteiger partial charge on any atom is 0.330 e. The number of aliphatic carboxylic acids is 1. The average Bonchev–Trinajstić information content (AvgIpc) is 2.37. The Bertz CT molecular complexity index is 486. The number of carbonyl (C=O) groups is 2. The minimum atomic E-state index is -1.48. The molecule has 1 aromatic carbocycles. The van der Waals surface area contributed by atoms with Gasteiger partial charge in [-0.05, 0) is 31.4 Å². The SMILES string of the molecule is Cc1ccc(C)c(CCN(C)C(=O)C(N)C(=O)O)c1. The Labute approximate surface area is 113 Å². The molecule has 0 bridgehead atoms. The van der Waals surface area contributed by atoms with Gasteiger partial charge in [-0.3, -0.25) is 4.79 Å². The number of nitrogens with two attached hydrogens (primary N) is 1. The number of carboxylic acids is 1. The first-order valence-corrected chi connectivity index (χ1v) is 6.12. The van der Waals surface area contributed by atoms with Crippen LogP contribution in [0.2, 0.25) is 0 Å². The standard InChI is InChI=1S/C14H20N2O3/c1-9-4-5-10(2)11(8-9)6-7-16(3)13(17)12(15)14(18)19/h4-5,8,12H,6-7,15H2,1-3H3,(H,18,19). The number of nitrogens with zero attached hydrogens (tertiary/aromatic N) is 1. The van der Waals surface area contributed by atoms with Crippen LogP contribution in [-0.4, -0.2) is 41.5 Å². The second-order valence-corrected chi connectivity index (χ2v) is 4.76. The monoisotopic (exact) mass is 264 g/mol. The summed E-state index contributed by atoms with van der Waals surface area (Å²) in [5.41, 5.74) is 8.77. The molecular weight excluding hydrogens is 244 g/mol. The summed E-state index contributed by atoms with van der Waals surface area (Å²) in [6, 6.07) is 4.66. The normalized spacial score (nSPS) is 12.0. The van der Waals surface area contributed by atoms with Crippen molar-refractivity contribution in [2.24, 2.45) is 5.73 Å². The van der Waals surface area contributed by atoms with Crippen LogP contribution < -0.4 is 5.73 Å². The van der Waals surface area contributed by atoms with Gasteiger partial charge in [0.15, 0.2) is 6.04 Å². The van der Waals surface area contributed by atoms with Crippen molar-refractivity contribution in [2.45, 2.75) is 26.3 Å². The van der Waals surface area contributed by atoms with Crippen molar-refractivity contribution < 1.29 is 14.7 Å². The number of carboxylic acid groups (broad SMARTS) is 1. The van der Waals surface area contributed by atoms with Gasteiger partial charge in [0.2, 0.25) is 0 Å². The molecule has 19 heavy (non-hydrogen) atoms. The Morgan fingerprint density at radius 2 is 2.00 bits per heavy atom. The van der Waals surface area contributed by atoms with E-state index in [1.54, 1.807) is 7.05 Å². The highest BCUT2D eigenvalue weighted by atomic mass is 16.4. The fourth-order valence-corrected chi connectivity index (χ4v) is 1.81. The van der Waals surface area contributed by atoms with E-state index >= 15 is 0 Å². The Hall–Kier alpha value is -1.88. The lowest BCUT2D eigenvalue weighted by Crippen LogP contribution is -2.47. The minimum Gasteiger partial charge on any atom is -0.480 e. The number of carbonyl (C=O) groups excluding carboxylic acids is 1. The Balaban J connectivity index is 2.64. The molecule has 0 aliphatic heterocycles. The van der Waals surface area contributed by atoms with Gasteiger partial charge in [0.25, 0.3) is 5.91 Å². The van der Waals surface area contributed by atoms with E-state index in [1.807, 2.05) is 26.0 Å². The minimum absolute atomic E-state index is 0.449. The zero-order valence-electron chi connectivity index (χ0n) is 11.5. The lowest BCUT2D eigenvalue weighted by molar-refractivity contribution is -0.145. The van der Waals surface area contributed by atoms with Gasteiger partial charge < -0.3 is 15.7 Å². The summed E-state index contributed by atoms with van der Waals surface area (Å²) in [4.78, 5) is 23.7. The highest BCUT2D eigenvalue weighted by Crippen LogP contribution is 2.11. The van der Waals surface area contributed by atoms with Gasteiger partial charge >= 0.3 is 5.97 Å². The van der Waals surface area contributed by atoms with Crippen LogP contribution in [0.4, 0.5) is 0 Å². The number of likely N-dealkylation sites (N-methyl/N-ethyl adjacent to an activating group) is 1. The van der Waals surface area contributed by atoms with E-state index in [0.29, 0.717) is 13.0 Å². The first-order valence-electron chi connectivity index (χ1n) is 6.12. The molecule has 5 heteroatoms. The predicted molar refractivity (Wildman–Crippen MR) is 72.9 cm³/mol. The molecule has 3 N–H and O–H groups in total. The highest BCUT2D eigenvalue weighted by Gasteiger charge is 2.24. The second kappa shape index (κ2) is 6.33.